The molecule has 0 radical (unpaired) electrons. The van der Waals surface area contributed by atoms with Gasteiger partial charge in [0.25, 0.3) is 5.92 Å². The molecular formula is C12H19F2NO4. The quantitative estimate of drug-likeness (QED) is 0.681. The van der Waals surface area contributed by atoms with Gasteiger partial charge in [-0.05, 0) is 12.8 Å². The van der Waals surface area contributed by atoms with Crippen LogP contribution in [0.3, 0.4) is 0 Å². The number of rotatable bonds is 6. The maximum Gasteiger partial charge on any atom is 0.310 e. The number of carbonyl (C=O) groups is 2. The van der Waals surface area contributed by atoms with Crippen LogP contribution in [-0.4, -0.2) is 41.2 Å². The molecule has 0 aromatic rings. The number of aliphatic hydroxyl groups excluding tert-OH is 1. The largest absolute Gasteiger partial charge is 0.481 e. The summed E-state index contributed by atoms with van der Waals surface area (Å²) in [6.07, 6.45) is 2.89. The van der Waals surface area contributed by atoms with Crippen molar-refractivity contribution in [3.8, 4) is 0 Å². The fourth-order valence-corrected chi connectivity index (χ4v) is 2.35. The van der Waals surface area contributed by atoms with Crippen LogP contribution in [0.15, 0.2) is 0 Å². The first-order valence-corrected chi connectivity index (χ1v) is 6.30. The van der Waals surface area contributed by atoms with E-state index in [4.69, 9.17) is 5.11 Å². The molecule has 7 heteroatoms. The molecule has 0 saturated heterocycles. The van der Waals surface area contributed by atoms with Crippen molar-refractivity contribution in [1.29, 1.82) is 0 Å². The number of alkyl halides is 2. The minimum Gasteiger partial charge on any atom is -0.481 e. The van der Waals surface area contributed by atoms with Crippen LogP contribution < -0.4 is 5.32 Å². The molecule has 1 fully saturated rings. The molecule has 3 N–H and O–H groups in total. The molecule has 0 aromatic heterocycles. The van der Waals surface area contributed by atoms with Crippen LogP contribution in [-0.2, 0) is 9.59 Å². The predicted octanol–water partition coefficient (Wildman–Crippen LogP) is 1.16. The Bertz CT molecular complexity index is 341. The SMILES string of the molecule is O=C(CC1(C(=O)O)CCCCC1)NCC(F)(F)CO. The van der Waals surface area contributed by atoms with Crippen LogP contribution in [0.4, 0.5) is 8.78 Å². The van der Waals surface area contributed by atoms with Crippen LogP contribution in [0.25, 0.3) is 0 Å². The van der Waals surface area contributed by atoms with Gasteiger partial charge >= 0.3 is 5.97 Å². The number of nitrogens with one attached hydrogen (secondary N) is 1. The Morgan fingerprint density at radius 3 is 2.26 bits per heavy atom. The summed E-state index contributed by atoms with van der Waals surface area (Å²) in [4.78, 5) is 22.9. The number of amides is 1. The lowest BCUT2D eigenvalue weighted by Crippen LogP contribution is -2.43. The molecule has 110 valence electrons. The number of aliphatic hydroxyl groups is 1. The highest BCUT2D eigenvalue weighted by Gasteiger charge is 2.41. The van der Waals surface area contributed by atoms with Crippen LogP contribution in [0, 0.1) is 5.41 Å². The fraction of sp³-hybridized carbons (Fsp3) is 0.833. The molecule has 0 aromatic carbocycles. The van der Waals surface area contributed by atoms with Crippen molar-refractivity contribution in [3.63, 3.8) is 0 Å². The lowest BCUT2D eigenvalue weighted by molar-refractivity contribution is -0.154. The normalized spacial score (nSPS) is 18.9. The Hall–Kier alpha value is -1.24. The molecule has 1 rings (SSSR count). The second-order valence-corrected chi connectivity index (χ2v) is 5.11. The second kappa shape index (κ2) is 6.27. The lowest BCUT2D eigenvalue weighted by Gasteiger charge is -2.32. The Balaban J connectivity index is 2.55. The third-order valence-corrected chi connectivity index (χ3v) is 3.54. The van der Waals surface area contributed by atoms with Gasteiger partial charge in [-0.2, -0.15) is 0 Å². The first kappa shape index (κ1) is 15.8. The second-order valence-electron chi connectivity index (χ2n) is 5.11. The van der Waals surface area contributed by atoms with E-state index in [1.807, 2.05) is 5.32 Å². The average Bonchev–Trinajstić information content (AvgIpc) is 2.37. The molecule has 0 bridgehead atoms. The standard InChI is InChI=1S/C12H19F2NO4/c13-12(14,8-16)7-15-9(17)6-11(10(18)19)4-2-1-3-5-11/h16H,1-8H2,(H,15,17)(H,18,19). The van der Waals surface area contributed by atoms with Crippen molar-refractivity contribution in [2.45, 2.75) is 44.4 Å². The van der Waals surface area contributed by atoms with Gasteiger partial charge in [0, 0.05) is 6.42 Å². The molecule has 1 aliphatic carbocycles. The first-order valence-electron chi connectivity index (χ1n) is 6.30. The summed E-state index contributed by atoms with van der Waals surface area (Å²) in [6, 6.07) is 0. The zero-order valence-corrected chi connectivity index (χ0v) is 10.6. The van der Waals surface area contributed by atoms with Gasteiger partial charge < -0.3 is 15.5 Å². The van der Waals surface area contributed by atoms with Crippen LogP contribution in [0.5, 0.6) is 0 Å². The van der Waals surface area contributed by atoms with Crippen LogP contribution in [0.1, 0.15) is 38.5 Å². The molecule has 1 amide bonds. The van der Waals surface area contributed by atoms with Gasteiger partial charge in [0.2, 0.25) is 5.91 Å². The summed E-state index contributed by atoms with van der Waals surface area (Å²) in [7, 11) is 0. The van der Waals surface area contributed by atoms with E-state index < -0.39 is 36.4 Å². The van der Waals surface area contributed by atoms with Gasteiger partial charge in [0.15, 0.2) is 0 Å². The first-order chi connectivity index (χ1) is 8.81. The van der Waals surface area contributed by atoms with Gasteiger partial charge in [-0.25, -0.2) is 8.78 Å². The van der Waals surface area contributed by atoms with Gasteiger partial charge in [-0.3, -0.25) is 9.59 Å². The Morgan fingerprint density at radius 1 is 1.21 bits per heavy atom. The number of halogens is 2. The molecule has 0 spiro atoms. The summed E-state index contributed by atoms with van der Waals surface area (Å²) < 4.78 is 25.5. The predicted molar refractivity (Wildman–Crippen MR) is 62.8 cm³/mol. The van der Waals surface area contributed by atoms with Crippen molar-refractivity contribution in [1.82, 2.24) is 5.32 Å². The van der Waals surface area contributed by atoms with E-state index >= 15 is 0 Å². The van der Waals surface area contributed by atoms with E-state index in [0.717, 1.165) is 19.3 Å². The molecule has 0 heterocycles. The average molecular weight is 279 g/mol. The van der Waals surface area contributed by atoms with Crippen molar-refractivity contribution >= 4 is 11.9 Å². The monoisotopic (exact) mass is 279 g/mol. The highest BCUT2D eigenvalue weighted by Crippen LogP contribution is 2.39. The fourth-order valence-electron chi connectivity index (χ4n) is 2.35. The van der Waals surface area contributed by atoms with E-state index in [1.165, 1.54) is 0 Å². The van der Waals surface area contributed by atoms with E-state index in [9.17, 15) is 23.5 Å². The van der Waals surface area contributed by atoms with Crippen LogP contribution in [0.2, 0.25) is 0 Å². The van der Waals surface area contributed by atoms with Crippen LogP contribution >= 0.6 is 0 Å². The third-order valence-electron chi connectivity index (χ3n) is 3.54. The van der Waals surface area contributed by atoms with E-state index in [0.29, 0.717) is 12.8 Å². The number of hydrogen-bond donors (Lipinski definition) is 3. The van der Waals surface area contributed by atoms with E-state index in [2.05, 4.69) is 0 Å². The van der Waals surface area contributed by atoms with Crippen molar-refractivity contribution in [3.05, 3.63) is 0 Å². The highest BCUT2D eigenvalue weighted by atomic mass is 19.3. The molecular weight excluding hydrogens is 260 g/mol. The van der Waals surface area contributed by atoms with E-state index in [1.54, 1.807) is 0 Å². The van der Waals surface area contributed by atoms with Gasteiger partial charge in [0.1, 0.15) is 6.61 Å². The smallest absolute Gasteiger partial charge is 0.310 e. The number of carboxylic acid groups (broad SMARTS) is 1. The Morgan fingerprint density at radius 2 is 1.79 bits per heavy atom. The molecule has 1 aliphatic rings. The van der Waals surface area contributed by atoms with Gasteiger partial charge in [-0.15, -0.1) is 0 Å². The maximum atomic E-state index is 12.8. The molecule has 1 saturated carbocycles. The summed E-state index contributed by atoms with van der Waals surface area (Å²) in [5.41, 5.74) is -1.13. The Labute approximate surface area is 110 Å². The van der Waals surface area contributed by atoms with Gasteiger partial charge in [-0.1, -0.05) is 19.3 Å². The van der Waals surface area contributed by atoms with E-state index in [-0.39, 0.29) is 6.42 Å². The topological polar surface area (TPSA) is 86.6 Å². The summed E-state index contributed by atoms with van der Waals surface area (Å²) >= 11 is 0. The number of carboxylic acids is 1. The summed E-state index contributed by atoms with van der Waals surface area (Å²) in [5, 5.41) is 19.6. The van der Waals surface area contributed by atoms with Gasteiger partial charge in [0.05, 0.1) is 12.0 Å². The van der Waals surface area contributed by atoms with Crippen molar-refractivity contribution < 1.29 is 28.6 Å². The zero-order chi connectivity index (χ0) is 14.5. The van der Waals surface area contributed by atoms with Crippen molar-refractivity contribution in [2.24, 2.45) is 5.41 Å². The molecule has 5 nitrogen and oxygen atoms in total. The zero-order valence-electron chi connectivity index (χ0n) is 10.6. The Kier molecular flexibility index (Phi) is 5.22. The number of aliphatic carboxylic acids is 1. The maximum absolute atomic E-state index is 12.8. The molecule has 0 unspecified atom stereocenters. The minimum atomic E-state index is -3.38. The van der Waals surface area contributed by atoms with Crippen molar-refractivity contribution in [2.75, 3.05) is 13.2 Å². The summed E-state index contributed by atoms with van der Waals surface area (Å²) in [6.45, 7) is -2.32. The third kappa shape index (κ3) is 4.41. The molecule has 0 aliphatic heterocycles. The number of hydrogen-bond acceptors (Lipinski definition) is 3. The summed E-state index contributed by atoms with van der Waals surface area (Å²) in [5.74, 6) is -5.13. The number of carbonyl (C=O) groups excluding carboxylic acids is 1. The lowest BCUT2D eigenvalue weighted by atomic mass is 9.71. The minimum absolute atomic E-state index is 0.288. The molecule has 0 atom stereocenters. The molecule has 19 heavy (non-hydrogen) atoms. The highest BCUT2D eigenvalue weighted by molar-refractivity contribution is 5.85.